The molecule has 2 aromatic rings. The molecule has 1 aromatic heterocycles. The summed E-state index contributed by atoms with van der Waals surface area (Å²) in [5.74, 6) is -0.904. The van der Waals surface area contributed by atoms with Crippen LogP contribution in [-0.4, -0.2) is 22.7 Å². The Morgan fingerprint density at radius 2 is 2.33 bits per heavy atom. The zero-order chi connectivity index (χ0) is 17.5. The maximum atomic E-state index is 11.5. The van der Waals surface area contributed by atoms with Crippen molar-refractivity contribution in [2.45, 2.75) is 38.7 Å². The molecule has 0 fully saturated rings. The van der Waals surface area contributed by atoms with Crippen LogP contribution in [0.5, 0.6) is 0 Å². The van der Waals surface area contributed by atoms with E-state index in [0.717, 1.165) is 23.1 Å². The Hall–Kier alpha value is -2.03. The van der Waals surface area contributed by atoms with Crippen LogP contribution in [0.25, 0.3) is 10.9 Å². The molecule has 1 aliphatic heterocycles. The van der Waals surface area contributed by atoms with Crippen LogP contribution in [0.15, 0.2) is 12.1 Å². The van der Waals surface area contributed by atoms with Gasteiger partial charge in [0.15, 0.2) is 0 Å². The van der Waals surface area contributed by atoms with Crippen molar-refractivity contribution in [3.63, 3.8) is 0 Å². The van der Waals surface area contributed by atoms with E-state index in [2.05, 4.69) is 11.1 Å². The highest BCUT2D eigenvalue weighted by molar-refractivity contribution is 6.35. The minimum atomic E-state index is -0.927. The van der Waals surface area contributed by atoms with Gasteiger partial charge in [0.1, 0.15) is 5.60 Å². The lowest BCUT2D eigenvalue weighted by Crippen LogP contribution is -2.43. The quantitative estimate of drug-likeness (QED) is 0.876. The number of halogens is 1. The second-order valence-electron chi connectivity index (χ2n) is 6.30. The highest BCUT2D eigenvalue weighted by atomic mass is 35.5. The first-order chi connectivity index (χ1) is 11.4. The maximum Gasteiger partial charge on any atom is 0.306 e. The summed E-state index contributed by atoms with van der Waals surface area (Å²) in [6.07, 6.45) is 1.28. The normalized spacial score (nSPS) is 21.2. The topological polar surface area (TPSA) is 86.1 Å². The molecule has 0 amide bonds. The number of nitriles is 1. The molecule has 2 atom stereocenters. The predicted molar refractivity (Wildman–Crippen MR) is 91.1 cm³/mol. The second-order valence-corrected chi connectivity index (χ2v) is 6.71. The van der Waals surface area contributed by atoms with Gasteiger partial charge in [-0.25, -0.2) is 0 Å². The molecule has 2 heterocycles. The number of aromatic amines is 1. The lowest BCUT2D eigenvalue weighted by Gasteiger charge is -2.40. The Balaban J connectivity index is 2.34. The zero-order valence-electron chi connectivity index (χ0n) is 13.6. The fraction of sp³-hybridized carbons (Fsp3) is 0.444. The Labute approximate surface area is 145 Å². The van der Waals surface area contributed by atoms with E-state index < -0.39 is 11.6 Å². The average Bonchev–Trinajstić information content (AvgIpc) is 2.96. The highest BCUT2D eigenvalue weighted by Gasteiger charge is 2.46. The van der Waals surface area contributed by atoms with E-state index in [9.17, 15) is 15.2 Å². The van der Waals surface area contributed by atoms with Crippen molar-refractivity contribution in [1.29, 1.82) is 5.26 Å². The molecule has 1 aromatic carbocycles. The average molecular weight is 347 g/mol. The molecule has 2 N–H and O–H groups in total. The molecule has 5 nitrogen and oxygen atoms in total. The summed E-state index contributed by atoms with van der Waals surface area (Å²) in [6, 6.07) is 5.60. The minimum absolute atomic E-state index is 0.00465. The molecule has 3 rings (SSSR count). The number of benzene rings is 1. The largest absolute Gasteiger partial charge is 0.481 e. The summed E-state index contributed by atoms with van der Waals surface area (Å²) in [7, 11) is 0. The van der Waals surface area contributed by atoms with Crippen molar-refractivity contribution in [2.24, 2.45) is 5.92 Å². The molecule has 0 saturated carbocycles. The Kier molecular flexibility index (Phi) is 4.29. The van der Waals surface area contributed by atoms with Crippen molar-refractivity contribution < 1.29 is 14.6 Å². The van der Waals surface area contributed by atoms with Crippen molar-refractivity contribution >= 4 is 28.5 Å². The SMILES string of the molecule is CCC(C)C1(CC(=O)O)OCCc2c1[nH]c1c(Cl)ccc(C#N)c21. The number of nitrogens with zero attached hydrogens (tertiary/aromatic N) is 1. The molecule has 0 saturated heterocycles. The van der Waals surface area contributed by atoms with Gasteiger partial charge in [-0.3, -0.25) is 4.79 Å². The number of carboxylic acids is 1. The van der Waals surface area contributed by atoms with Gasteiger partial charge in [0.05, 0.1) is 40.9 Å². The van der Waals surface area contributed by atoms with E-state index in [-0.39, 0.29) is 12.3 Å². The third kappa shape index (κ3) is 2.38. The molecule has 2 unspecified atom stereocenters. The number of hydrogen-bond donors (Lipinski definition) is 2. The number of aliphatic carboxylic acids is 1. The first-order valence-electron chi connectivity index (χ1n) is 8.04. The molecule has 24 heavy (non-hydrogen) atoms. The Morgan fingerprint density at radius 1 is 1.58 bits per heavy atom. The third-order valence-electron chi connectivity index (χ3n) is 5.09. The van der Waals surface area contributed by atoms with Crippen molar-refractivity contribution in [1.82, 2.24) is 4.98 Å². The first kappa shape index (κ1) is 16.8. The minimum Gasteiger partial charge on any atom is -0.481 e. The molecular weight excluding hydrogens is 328 g/mol. The number of carbonyl (C=O) groups is 1. The molecule has 1 aliphatic rings. The third-order valence-corrected chi connectivity index (χ3v) is 5.40. The summed E-state index contributed by atoms with van der Waals surface area (Å²) < 4.78 is 6.06. The van der Waals surface area contributed by atoms with E-state index in [0.29, 0.717) is 29.1 Å². The lowest BCUT2D eigenvalue weighted by molar-refractivity contribution is -0.155. The summed E-state index contributed by atoms with van der Waals surface area (Å²) in [5, 5.41) is 20.2. The van der Waals surface area contributed by atoms with Crippen molar-refractivity contribution in [2.75, 3.05) is 6.61 Å². The van der Waals surface area contributed by atoms with Gasteiger partial charge < -0.3 is 14.8 Å². The number of H-pyrrole nitrogens is 1. The van der Waals surface area contributed by atoms with Crippen LogP contribution < -0.4 is 0 Å². The van der Waals surface area contributed by atoms with Gasteiger partial charge in [-0.15, -0.1) is 0 Å². The number of aromatic nitrogens is 1. The van der Waals surface area contributed by atoms with E-state index in [1.807, 2.05) is 13.8 Å². The first-order valence-corrected chi connectivity index (χ1v) is 8.41. The smallest absolute Gasteiger partial charge is 0.306 e. The van der Waals surface area contributed by atoms with Gasteiger partial charge in [0.25, 0.3) is 0 Å². The van der Waals surface area contributed by atoms with Crippen LogP contribution in [0, 0.1) is 17.2 Å². The molecule has 0 radical (unpaired) electrons. The van der Waals surface area contributed by atoms with Gasteiger partial charge in [0.2, 0.25) is 0 Å². The van der Waals surface area contributed by atoms with Gasteiger partial charge in [-0.1, -0.05) is 31.9 Å². The van der Waals surface area contributed by atoms with E-state index >= 15 is 0 Å². The van der Waals surface area contributed by atoms with E-state index in [4.69, 9.17) is 16.3 Å². The Bertz CT molecular complexity index is 852. The van der Waals surface area contributed by atoms with Crippen LogP contribution in [0.4, 0.5) is 0 Å². The van der Waals surface area contributed by atoms with Gasteiger partial charge >= 0.3 is 5.97 Å². The van der Waals surface area contributed by atoms with Crippen LogP contribution in [0.2, 0.25) is 5.02 Å². The summed E-state index contributed by atoms with van der Waals surface area (Å²) in [5.41, 5.74) is 2.01. The van der Waals surface area contributed by atoms with Crippen LogP contribution >= 0.6 is 11.6 Å². The van der Waals surface area contributed by atoms with Crippen LogP contribution in [0.3, 0.4) is 0 Å². The number of ether oxygens (including phenoxy) is 1. The van der Waals surface area contributed by atoms with Crippen molar-refractivity contribution in [3.8, 4) is 6.07 Å². The highest BCUT2D eigenvalue weighted by Crippen LogP contribution is 2.46. The second kappa shape index (κ2) is 6.12. The monoisotopic (exact) mass is 346 g/mol. The van der Waals surface area contributed by atoms with Crippen molar-refractivity contribution in [3.05, 3.63) is 34.0 Å². The molecule has 126 valence electrons. The summed E-state index contributed by atoms with van der Waals surface area (Å²) >= 11 is 6.32. The Morgan fingerprint density at radius 3 is 2.96 bits per heavy atom. The maximum absolute atomic E-state index is 11.5. The molecule has 6 heteroatoms. The number of nitrogens with one attached hydrogen (secondary N) is 1. The lowest BCUT2D eigenvalue weighted by atomic mass is 9.77. The molecule has 0 aliphatic carbocycles. The number of rotatable bonds is 4. The van der Waals surface area contributed by atoms with Gasteiger partial charge in [0, 0.05) is 5.39 Å². The van der Waals surface area contributed by atoms with Gasteiger partial charge in [-0.05, 0) is 30.0 Å². The fourth-order valence-corrected chi connectivity index (χ4v) is 3.91. The molecule has 0 spiro atoms. The standard InChI is InChI=1S/C18H19ClN2O3/c1-3-10(2)18(8-14(22)23)17-12(6-7-24-18)15-11(9-20)4-5-13(19)16(15)21-17/h4-5,10,21H,3,6-8H2,1-2H3,(H,22,23). The molecule has 0 bridgehead atoms. The predicted octanol–water partition coefficient (Wildman–Crippen LogP) is 3.98. The number of carboxylic acid groups (broad SMARTS) is 1. The summed E-state index contributed by atoms with van der Waals surface area (Å²) in [6.45, 7) is 4.44. The molecular formula is C18H19ClN2O3. The summed E-state index contributed by atoms with van der Waals surface area (Å²) in [4.78, 5) is 14.8. The van der Waals surface area contributed by atoms with E-state index in [1.54, 1.807) is 12.1 Å². The number of fused-ring (bicyclic) bond motifs is 3. The fourth-order valence-electron chi connectivity index (χ4n) is 3.71. The number of hydrogen-bond acceptors (Lipinski definition) is 3. The van der Waals surface area contributed by atoms with Gasteiger partial charge in [-0.2, -0.15) is 5.26 Å². The van der Waals surface area contributed by atoms with Crippen LogP contribution in [-0.2, 0) is 21.6 Å². The van der Waals surface area contributed by atoms with Crippen LogP contribution in [0.1, 0.15) is 43.5 Å². The zero-order valence-corrected chi connectivity index (χ0v) is 14.4. The van der Waals surface area contributed by atoms with E-state index in [1.165, 1.54) is 0 Å².